The largest absolute Gasteiger partial charge is 0.321 e. The molecule has 1 amide bonds. The molecule has 0 radical (unpaired) electrons. The summed E-state index contributed by atoms with van der Waals surface area (Å²) in [5, 5.41) is 4.50. The van der Waals surface area contributed by atoms with Gasteiger partial charge in [0.05, 0.1) is 5.51 Å². The van der Waals surface area contributed by atoms with E-state index in [4.69, 9.17) is 0 Å². The summed E-state index contributed by atoms with van der Waals surface area (Å²) in [6.45, 7) is 2.01. The van der Waals surface area contributed by atoms with Crippen LogP contribution in [0, 0.1) is 6.92 Å². The molecule has 0 fully saturated rings. The van der Waals surface area contributed by atoms with Crippen LogP contribution in [0.25, 0.3) is 0 Å². The van der Waals surface area contributed by atoms with Gasteiger partial charge >= 0.3 is 0 Å². The van der Waals surface area contributed by atoms with Crippen molar-refractivity contribution < 1.29 is 4.79 Å². The molecule has 15 heavy (non-hydrogen) atoms. The number of nitrogens with zero attached hydrogens (tertiary/aromatic N) is 1. The van der Waals surface area contributed by atoms with E-state index in [1.807, 2.05) is 31.2 Å². The molecule has 2 rings (SSSR count). The lowest BCUT2D eigenvalue weighted by atomic mass is 10.2. The summed E-state index contributed by atoms with van der Waals surface area (Å²) in [4.78, 5) is 15.5. The molecule has 2 aromatic rings. The first-order valence-corrected chi connectivity index (χ1v) is 5.46. The number of hydrogen-bond donors (Lipinski definition) is 1. The molecule has 4 heteroatoms. The molecule has 0 bridgehead atoms. The van der Waals surface area contributed by atoms with Crippen molar-refractivity contribution in [3.05, 3.63) is 46.4 Å². The predicted molar refractivity (Wildman–Crippen MR) is 61.2 cm³/mol. The van der Waals surface area contributed by atoms with E-state index in [9.17, 15) is 4.79 Å². The van der Waals surface area contributed by atoms with Crippen molar-refractivity contribution in [2.75, 3.05) is 5.32 Å². The number of anilines is 1. The first kappa shape index (κ1) is 9.86. The molecule has 0 saturated heterocycles. The van der Waals surface area contributed by atoms with E-state index in [0.717, 1.165) is 5.69 Å². The van der Waals surface area contributed by atoms with E-state index in [-0.39, 0.29) is 5.91 Å². The summed E-state index contributed by atoms with van der Waals surface area (Å²) in [6.07, 6.45) is 0. The van der Waals surface area contributed by atoms with Crippen LogP contribution in [0.4, 0.5) is 5.69 Å². The molecule has 76 valence electrons. The Hall–Kier alpha value is -1.68. The molecule has 0 atom stereocenters. The number of aryl methyl sites for hydroxylation is 1. The number of rotatable bonds is 2. The van der Waals surface area contributed by atoms with Gasteiger partial charge < -0.3 is 5.32 Å². The zero-order valence-corrected chi connectivity index (χ0v) is 9.04. The molecule has 1 aromatic heterocycles. The summed E-state index contributed by atoms with van der Waals surface area (Å²) >= 11 is 1.41. The highest BCUT2D eigenvalue weighted by Gasteiger charge is 2.06. The van der Waals surface area contributed by atoms with Crippen molar-refractivity contribution in [2.45, 2.75) is 6.92 Å². The molecule has 0 saturated carbocycles. The van der Waals surface area contributed by atoms with Crippen molar-refractivity contribution in [2.24, 2.45) is 0 Å². The van der Waals surface area contributed by atoms with Gasteiger partial charge in [0, 0.05) is 11.1 Å². The molecule has 1 aromatic carbocycles. The summed E-state index contributed by atoms with van der Waals surface area (Å²) < 4.78 is 0. The number of carbonyl (C=O) groups excluding carboxylic acids is 1. The maximum absolute atomic E-state index is 11.6. The van der Waals surface area contributed by atoms with Gasteiger partial charge in [-0.1, -0.05) is 17.7 Å². The van der Waals surface area contributed by atoms with Gasteiger partial charge in [-0.05, 0) is 19.1 Å². The standard InChI is InChI=1S/C11H10N2OS/c1-8-2-4-9(5-3-8)13-11(14)10-6-15-7-12-10/h2-7H,1H3,(H,13,14). The van der Waals surface area contributed by atoms with E-state index in [0.29, 0.717) is 5.69 Å². The van der Waals surface area contributed by atoms with Crippen LogP contribution < -0.4 is 5.32 Å². The average Bonchev–Trinajstić information content (AvgIpc) is 2.74. The Morgan fingerprint density at radius 3 is 2.67 bits per heavy atom. The Morgan fingerprint density at radius 1 is 1.33 bits per heavy atom. The zero-order chi connectivity index (χ0) is 10.7. The topological polar surface area (TPSA) is 42.0 Å². The third-order valence-corrected chi connectivity index (χ3v) is 2.56. The molecule has 0 aliphatic heterocycles. The van der Waals surface area contributed by atoms with Crippen molar-refractivity contribution in [3.8, 4) is 0 Å². The first-order chi connectivity index (χ1) is 7.25. The van der Waals surface area contributed by atoms with Crippen LogP contribution in [0.3, 0.4) is 0 Å². The molecule has 0 aliphatic rings. The van der Waals surface area contributed by atoms with Gasteiger partial charge in [-0.3, -0.25) is 4.79 Å². The van der Waals surface area contributed by atoms with Crippen LogP contribution in [0.1, 0.15) is 16.1 Å². The van der Waals surface area contributed by atoms with Gasteiger partial charge in [-0.2, -0.15) is 0 Å². The molecule has 0 aliphatic carbocycles. The lowest BCUT2D eigenvalue weighted by Crippen LogP contribution is -2.11. The van der Waals surface area contributed by atoms with Crippen LogP contribution in [0.2, 0.25) is 0 Å². The maximum Gasteiger partial charge on any atom is 0.275 e. The number of thiazole rings is 1. The highest BCUT2D eigenvalue weighted by molar-refractivity contribution is 7.07. The van der Waals surface area contributed by atoms with Crippen molar-refractivity contribution in [1.29, 1.82) is 0 Å². The van der Waals surface area contributed by atoms with Gasteiger partial charge in [0.2, 0.25) is 0 Å². The van der Waals surface area contributed by atoms with Gasteiger partial charge in [0.15, 0.2) is 0 Å². The van der Waals surface area contributed by atoms with Crippen molar-refractivity contribution >= 4 is 22.9 Å². The fraction of sp³-hybridized carbons (Fsp3) is 0.0909. The molecule has 1 N–H and O–H groups in total. The molecular weight excluding hydrogens is 208 g/mol. The second-order valence-corrected chi connectivity index (χ2v) is 3.91. The average molecular weight is 218 g/mol. The highest BCUT2D eigenvalue weighted by atomic mass is 32.1. The van der Waals surface area contributed by atoms with E-state index >= 15 is 0 Å². The Labute approximate surface area is 91.8 Å². The lowest BCUT2D eigenvalue weighted by Gasteiger charge is -2.02. The quantitative estimate of drug-likeness (QED) is 0.842. The number of hydrogen-bond acceptors (Lipinski definition) is 3. The Bertz CT molecular complexity index is 448. The van der Waals surface area contributed by atoms with Gasteiger partial charge in [0.1, 0.15) is 5.69 Å². The summed E-state index contributed by atoms with van der Waals surface area (Å²) in [5.41, 5.74) is 4.06. The van der Waals surface area contributed by atoms with E-state index in [1.54, 1.807) is 10.9 Å². The normalized spacial score (nSPS) is 9.93. The van der Waals surface area contributed by atoms with Gasteiger partial charge in [-0.25, -0.2) is 4.98 Å². The number of amides is 1. The Balaban J connectivity index is 2.09. The smallest absolute Gasteiger partial charge is 0.275 e. The van der Waals surface area contributed by atoms with Crippen molar-refractivity contribution in [3.63, 3.8) is 0 Å². The summed E-state index contributed by atoms with van der Waals surface area (Å²) in [7, 11) is 0. The van der Waals surface area contributed by atoms with Crippen LogP contribution >= 0.6 is 11.3 Å². The first-order valence-electron chi connectivity index (χ1n) is 4.52. The maximum atomic E-state index is 11.6. The minimum absolute atomic E-state index is 0.167. The number of aromatic nitrogens is 1. The van der Waals surface area contributed by atoms with Crippen LogP contribution in [-0.4, -0.2) is 10.9 Å². The van der Waals surface area contributed by atoms with Crippen LogP contribution in [-0.2, 0) is 0 Å². The number of carbonyl (C=O) groups is 1. The lowest BCUT2D eigenvalue weighted by molar-refractivity contribution is 0.102. The van der Waals surface area contributed by atoms with Crippen molar-refractivity contribution in [1.82, 2.24) is 4.98 Å². The molecule has 0 spiro atoms. The predicted octanol–water partition coefficient (Wildman–Crippen LogP) is 2.70. The Kier molecular flexibility index (Phi) is 2.78. The third-order valence-electron chi connectivity index (χ3n) is 1.97. The SMILES string of the molecule is Cc1ccc(NC(=O)c2cscn2)cc1. The summed E-state index contributed by atoms with van der Waals surface area (Å²) in [5.74, 6) is -0.167. The molecule has 3 nitrogen and oxygen atoms in total. The van der Waals surface area contributed by atoms with E-state index in [1.165, 1.54) is 16.9 Å². The minimum atomic E-state index is -0.167. The van der Waals surface area contributed by atoms with Crippen LogP contribution in [0.5, 0.6) is 0 Å². The van der Waals surface area contributed by atoms with Gasteiger partial charge in [0.25, 0.3) is 5.91 Å². The summed E-state index contributed by atoms with van der Waals surface area (Å²) in [6, 6.07) is 7.66. The van der Waals surface area contributed by atoms with Crippen LogP contribution in [0.15, 0.2) is 35.2 Å². The molecular formula is C11H10N2OS. The number of benzene rings is 1. The fourth-order valence-corrected chi connectivity index (χ4v) is 1.69. The van der Waals surface area contributed by atoms with E-state index in [2.05, 4.69) is 10.3 Å². The fourth-order valence-electron chi connectivity index (χ4n) is 1.16. The Morgan fingerprint density at radius 2 is 2.07 bits per heavy atom. The van der Waals surface area contributed by atoms with E-state index < -0.39 is 0 Å². The third kappa shape index (κ3) is 2.41. The molecule has 1 heterocycles. The van der Waals surface area contributed by atoms with Gasteiger partial charge in [-0.15, -0.1) is 11.3 Å². The second-order valence-electron chi connectivity index (χ2n) is 3.19. The molecule has 0 unspecified atom stereocenters. The monoisotopic (exact) mass is 218 g/mol. The number of nitrogens with one attached hydrogen (secondary N) is 1. The second kappa shape index (κ2) is 4.23. The highest BCUT2D eigenvalue weighted by Crippen LogP contribution is 2.10. The zero-order valence-electron chi connectivity index (χ0n) is 8.23. The minimum Gasteiger partial charge on any atom is -0.321 e.